The minimum absolute atomic E-state index is 0.00291. The van der Waals surface area contributed by atoms with Gasteiger partial charge in [0.15, 0.2) is 6.73 Å². The van der Waals surface area contributed by atoms with Gasteiger partial charge in [-0.3, -0.25) is 4.79 Å². The third-order valence-electron chi connectivity index (χ3n) is 5.92. The van der Waals surface area contributed by atoms with Crippen LogP contribution in [0.2, 0.25) is 0 Å². The normalized spacial score (nSPS) is 13.8. The maximum absolute atomic E-state index is 11.2. The fourth-order valence-corrected chi connectivity index (χ4v) is 4.02. The zero-order valence-electron chi connectivity index (χ0n) is 21.7. The number of ether oxygens (including phenoxy) is 2. The van der Waals surface area contributed by atoms with E-state index in [1.807, 2.05) is 50.0 Å². The third-order valence-corrected chi connectivity index (χ3v) is 5.92. The van der Waals surface area contributed by atoms with Crippen molar-refractivity contribution in [2.45, 2.75) is 47.1 Å². The molecule has 1 aliphatic rings. The molecule has 2 aromatic rings. The number of anilines is 2. The number of nitrogens with zero attached hydrogens (tertiary/aromatic N) is 4. The summed E-state index contributed by atoms with van der Waals surface area (Å²) in [5.41, 5.74) is 4.55. The van der Waals surface area contributed by atoms with E-state index >= 15 is 0 Å². The molecule has 0 saturated carbocycles. The van der Waals surface area contributed by atoms with Crippen molar-refractivity contribution in [2.75, 3.05) is 49.5 Å². The number of benzene rings is 1. The first-order chi connectivity index (χ1) is 17.3. The predicted octanol–water partition coefficient (Wildman–Crippen LogP) is 2.11. The molecule has 196 valence electrons. The Kier molecular flexibility index (Phi) is 9.49. The highest BCUT2D eigenvalue weighted by Gasteiger charge is 2.22. The van der Waals surface area contributed by atoms with E-state index in [1.165, 1.54) is 0 Å². The second-order valence-electron chi connectivity index (χ2n) is 8.64. The molecule has 1 aromatic carbocycles. The van der Waals surface area contributed by atoms with Crippen molar-refractivity contribution in [1.29, 1.82) is 0 Å². The van der Waals surface area contributed by atoms with Crippen molar-refractivity contribution in [2.24, 2.45) is 5.10 Å². The molecule has 1 atom stereocenters. The van der Waals surface area contributed by atoms with Crippen molar-refractivity contribution >= 4 is 23.3 Å². The largest absolute Gasteiger partial charge is 0.490 e. The molecule has 1 aliphatic heterocycles. The molecule has 3 N–H and O–H groups in total. The number of rotatable bonds is 12. The quantitative estimate of drug-likeness (QED) is 0.406. The van der Waals surface area contributed by atoms with Gasteiger partial charge in [-0.05, 0) is 63.4 Å². The summed E-state index contributed by atoms with van der Waals surface area (Å²) >= 11 is 0. The number of carbonyl (C=O) groups excluding carboxylic acids is 1. The van der Waals surface area contributed by atoms with Gasteiger partial charge >= 0.3 is 0 Å². The molecule has 1 aromatic heterocycles. The highest BCUT2D eigenvalue weighted by Crippen LogP contribution is 2.29. The Bertz CT molecular complexity index is 1090. The van der Waals surface area contributed by atoms with E-state index in [-0.39, 0.29) is 13.2 Å². The zero-order valence-corrected chi connectivity index (χ0v) is 21.7. The SMILES string of the molecule is CCc1cc(C2=NN(c3cc(C)nc(N(CC)CC)c3)CO2)cc(C)c1OC[C@@H](O)CNC(=O)CO. The molecule has 0 bridgehead atoms. The molecule has 0 unspecified atom stereocenters. The van der Waals surface area contributed by atoms with Crippen molar-refractivity contribution < 1.29 is 24.5 Å². The van der Waals surface area contributed by atoms with Crippen LogP contribution in [0.25, 0.3) is 0 Å². The molecular weight excluding hydrogens is 462 g/mol. The lowest BCUT2D eigenvalue weighted by atomic mass is 10.0. The number of pyridine rings is 1. The second kappa shape index (κ2) is 12.5. The van der Waals surface area contributed by atoms with E-state index in [9.17, 15) is 9.90 Å². The Hall–Kier alpha value is -3.37. The number of hydrogen-bond donors (Lipinski definition) is 3. The highest BCUT2D eigenvalue weighted by atomic mass is 16.5. The molecule has 36 heavy (non-hydrogen) atoms. The summed E-state index contributed by atoms with van der Waals surface area (Å²) in [6.07, 6.45) is -0.180. The molecule has 0 spiro atoms. The number of aryl methyl sites for hydroxylation is 3. The first-order valence-corrected chi connectivity index (χ1v) is 12.3. The van der Waals surface area contributed by atoms with E-state index in [1.54, 1.807) is 0 Å². The Labute approximate surface area is 212 Å². The first kappa shape index (κ1) is 27.2. The number of carbonyl (C=O) groups is 1. The molecule has 0 saturated heterocycles. The van der Waals surface area contributed by atoms with Gasteiger partial charge in [-0.1, -0.05) is 6.92 Å². The Morgan fingerprint density at radius 3 is 2.64 bits per heavy atom. The minimum Gasteiger partial charge on any atom is -0.490 e. The maximum atomic E-state index is 11.2. The molecular formula is C26H37N5O5. The van der Waals surface area contributed by atoms with Gasteiger partial charge < -0.3 is 29.9 Å². The number of aliphatic hydroxyl groups excluding tert-OH is 2. The number of aliphatic hydroxyl groups is 2. The average molecular weight is 500 g/mol. The van der Waals surface area contributed by atoms with Gasteiger partial charge in [-0.2, -0.15) is 0 Å². The monoisotopic (exact) mass is 499 g/mol. The number of hydrogen-bond acceptors (Lipinski definition) is 9. The van der Waals surface area contributed by atoms with Gasteiger partial charge in [-0.15, -0.1) is 5.10 Å². The molecule has 10 nitrogen and oxygen atoms in total. The fraction of sp³-hybridized carbons (Fsp3) is 0.500. The van der Waals surface area contributed by atoms with Crippen LogP contribution in [0.1, 0.15) is 43.2 Å². The highest BCUT2D eigenvalue weighted by molar-refractivity contribution is 5.96. The van der Waals surface area contributed by atoms with Gasteiger partial charge in [0.1, 0.15) is 30.9 Å². The lowest BCUT2D eigenvalue weighted by Crippen LogP contribution is -2.36. The molecule has 0 radical (unpaired) electrons. The van der Waals surface area contributed by atoms with Crippen molar-refractivity contribution in [3.63, 3.8) is 0 Å². The average Bonchev–Trinajstić information content (AvgIpc) is 3.37. The smallest absolute Gasteiger partial charge is 0.245 e. The molecule has 1 amide bonds. The standard InChI is InChI=1S/C26H37N5O5/c1-6-19-11-20(9-17(4)25(19)35-15-22(33)13-27-24(34)14-32)26-29-31(16-36-26)21-10-18(5)28-23(12-21)30(7-2)8-3/h9-12,22,32-33H,6-8,13-16H2,1-5H3,(H,27,34)/t22-/m0/s1. The number of hydrazone groups is 1. The molecule has 2 heterocycles. The lowest BCUT2D eigenvalue weighted by Gasteiger charge is -2.22. The van der Waals surface area contributed by atoms with Crippen molar-refractivity contribution in [3.8, 4) is 5.75 Å². The summed E-state index contributed by atoms with van der Waals surface area (Å²) in [6, 6.07) is 7.97. The maximum Gasteiger partial charge on any atom is 0.245 e. The van der Waals surface area contributed by atoms with Crippen LogP contribution in [0.15, 0.2) is 29.4 Å². The van der Waals surface area contributed by atoms with Crippen molar-refractivity contribution in [3.05, 3.63) is 46.6 Å². The van der Waals surface area contributed by atoms with Crippen LogP contribution in [0, 0.1) is 13.8 Å². The van der Waals surface area contributed by atoms with Crippen LogP contribution in [0.4, 0.5) is 11.5 Å². The van der Waals surface area contributed by atoms with Crippen LogP contribution in [-0.2, 0) is 16.0 Å². The second-order valence-corrected chi connectivity index (χ2v) is 8.64. The summed E-state index contributed by atoms with van der Waals surface area (Å²) in [5.74, 6) is 1.60. The van der Waals surface area contributed by atoms with E-state index in [0.717, 1.165) is 53.4 Å². The molecule has 10 heteroatoms. The van der Waals surface area contributed by atoms with Crippen LogP contribution in [-0.4, -0.2) is 72.7 Å². The molecule has 0 aliphatic carbocycles. The van der Waals surface area contributed by atoms with Gasteiger partial charge in [0.2, 0.25) is 11.8 Å². The Morgan fingerprint density at radius 2 is 1.97 bits per heavy atom. The van der Waals surface area contributed by atoms with E-state index < -0.39 is 18.6 Å². The number of nitrogens with one attached hydrogen (secondary N) is 1. The van der Waals surface area contributed by atoms with Crippen LogP contribution in [0.3, 0.4) is 0 Å². The van der Waals surface area contributed by atoms with Crippen LogP contribution in [0.5, 0.6) is 5.75 Å². The topological polar surface area (TPSA) is 120 Å². The van der Waals surface area contributed by atoms with E-state index in [0.29, 0.717) is 18.4 Å². The van der Waals surface area contributed by atoms with E-state index in [2.05, 4.69) is 29.0 Å². The summed E-state index contributed by atoms with van der Waals surface area (Å²) in [4.78, 5) is 18.0. The lowest BCUT2D eigenvalue weighted by molar-refractivity contribution is -0.124. The van der Waals surface area contributed by atoms with Gasteiger partial charge in [-0.25, -0.2) is 9.99 Å². The summed E-state index contributed by atoms with van der Waals surface area (Å²) < 4.78 is 11.9. The fourth-order valence-electron chi connectivity index (χ4n) is 4.02. The molecule has 0 fully saturated rings. The van der Waals surface area contributed by atoms with E-state index in [4.69, 9.17) is 19.7 Å². The van der Waals surface area contributed by atoms with Crippen molar-refractivity contribution in [1.82, 2.24) is 10.3 Å². The van der Waals surface area contributed by atoms with Gasteiger partial charge in [0, 0.05) is 37.0 Å². The summed E-state index contributed by atoms with van der Waals surface area (Å²) in [5, 5.41) is 27.9. The first-order valence-electron chi connectivity index (χ1n) is 12.3. The van der Waals surface area contributed by atoms with Crippen LogP contribution < -0.4 is 20.0 Å². The third kappa shape index (κ3) is 6.64. The number of aromatic nitrogens is 1. The predicted molar refractivity (Wildman–Crippen MR) is 140 cm³/mol. The molecule has 3 rings (SSSR count). The number of amides is 1. The summed E-state index contributed by atoms with van der Waals surface area (Å²) in [6.45, 7) is 11.6. The van der Waals surface area contributed by atoms with Gasteiger partial charge in [0.05, 0.1) is 5.69 Å². The zero-order chi connectivity index (χ0) is 26.2. The van der Waals surface area contributed by atoms with Gasteiger partial charge in [0.25, 0.3) is 0 Å². The Balaban J connectivity index is 1.77. The minimum atomic E-state index is -0.898. The van der Waals surface area contributed by atoms with Crippen LogP contribution >= 0.6 is 0 Å². The Morgan fingerprint density at radius 1 is 1.22 bits per heavy atom. The summed E-state index contributed by atoms with van der Waals surface area (Å²) in [7, 11) is 0.